The van der Waals surface area contributed by atoms with E-state index in [1.165, 1.54) is 0 Å². The number of H-pyrrole nitrogens is 1. The maximum atomic E-state index is 8.98. The first-order valence-electron chi connectivity index (χ1n) is 7.23. The van der Waals surface area contributed by atoms with Gasteiger partial charge in [0.25, 0.3) is 0 Å². The van der Waals surface area contributed by atoms with E-state index in [1.807, 2.05) is 18.5 Å². The summed E-state index contributed by atoms with van der Waals surface area (Å²) < 4.78 is 2.08. The van der Waals surface area contributed by atoms with Crippen LogP contribution in [-0.2, 0) is 13.0 Å². The molecule has 0 saturated carbocycles. The molecule has 0 unspecified atom stereocenters. The second-order valence-electron chi connectivity index (χ2n) is 5.54. The minimum atomic E-state index is 0.314. The second-order valence-corrected chi connectivity index (χ2v) is 5.54. The van der Waals surface area contributed by atoms with Crippen molar-refractivity contribution in [2.24, 2.45) is 0 Å². The molecule has 4 rings (SSSR count). The Morgan fingerprint density at radius 2 is 2.36 bits per heavy atom. The van der Waals surface area contributed by atoms with Crippen LogP contribution in [0.3, 0.4) is 0 Å². The fourth-order valence-corrected chi connectivity index (χ4v) is 3.11. The normalized spacial score (nSPS) is 17.2. The third kappa shape index (κ3) is 1.92. The Bertz CT molecular complexity index is 870. The van der Waals surface area contributed by atoms with Gasteiger partial charge in [0.1, 0.15) is 29.7 Å². The lowest BCUT2D eigenvalue weighted by atomic mass is 10.0. The maximum Gasteiger partial charge on any atom is 0.158 e. The predicted octanol–water partition coefficient (Wildman–Crippen LogP) is 1.48. The number of aromatic nitrogens is 5. The largest absolute Gasteiger partial charge is 0.356 e. The molecule has 0 aromatic carbocycles. The van der Waals surface area contributed by atoms with Crippen molar-refractivity contribution in [3.8, 4) is 6.07 Å². The van der Waals surface area contributed by atoms with Gasteiger partial charge in [-0.05, 0) is 12.5 Å². The van der Waals surface area contributed by atoms with Gasteiger partial charge in [0.05, 0.1) is 5.39 Å². The summed E-state index contributed by atoms with van der Waals surface area (Å²) in [6.07, 6.45) is 7.11. The van der Waals surface area contributed by atoms with Crippen LogP contribution in [0.5, 0.6) is 0 Å². The lowest BCUT2D eigenvalue weighted by Gasteiger charge is -2.32. The van der Waals surface area contributed by atoms with Gasteiger partial charge in [-0.1, -0.05) is 0 Å². The van der Waals surface area contributed by atoms with Crippen LogP contribution in [0.2, 0.25) is 0 Å². The molecule has 0 aliphatic carbocycles. The molecule has 7 heteroatoms. The van der Waals surface area contributed by atoms with Gasteiger partial charge < -0.3 is 14.5 Å². The van der Waals surface area contributed by atoms with Crippen molar-refractivity contribution in [3.63, 3.8) is 0 Å². The minimum absolute atomic E-state index is 0.314. The number of hydrogen-bond donors (Lipinski definition) is 1. The summed E-state index contributed by atoms with van der Waals surface area (Å²) >= 11 is 0. The van der Waals surface area contributed by atoms with Crippen LogP contribution in [0.15, 0.2) is 24.8 Å². The molecule has 3 aromatic heterocycles. The van der Waals surface area contributed by atoms with Crippen LogP contribution in [-0.4, -0.2) is 37.6 Å². The number of aryl methyl sites for hydroxylation is 1. The van der Waals surface area contributed by atoms with E-state index in [0.29, 0.717) is 11.7 Å². The molecule has 0 spiro atoms. The van der Waals surface area contributed by atoms with Crippen molar-refractivity contribution in [1.29, 1.82) is 5.26 Å². The fourth-order valence-electron chi connectivity index (χ4n) is 3.11. The van der Waals surface area contributed by atoms with Gasteiger partial charge in [-0.3, -0.25) is 0 Å². The van der Waals surface area contributed by atoms with Crippen LogP contribution in [0.1, 0.15) is 17.9 Å². The molecule has 0 radical (unpaired) electrons. The lowest BCUT2D eigenvalue weighted by Crippen LogP contribution is -2.38. The van der Waals surface area contributed by atoms with Gasteiger partial charge in [-0.15, -0.1) is 0 Å². The minimum Gasteiger partial charge on any atom is -0.356 e. The van der Waals surface area contributed by atoms with Crippen LogP contribution in [0, 0.1) is 11.3 Å². The molecule has 1 atom stereocenters. The van der Waals surface area contributed by atoms with E-state index >= 15 is 0 Å². The number of hydrogen-bond acceptors (Lipinski definition) is 5. The van der Waals surface area contributed by atoms with Gasteiger partial charge in [-0.2, -0.15) is 5.26 Å². The third-order valence-electron chi connectivity index (χ3n) is 4.31. The summed E-state index contributed by atoms with van der Waals surface area (Å²) in [7, 11) is 2.06. The van der Waals surface area contributed by atoms with Crippen molar-refractivity contribution in [2.75, 3.05) is 11.9 Å². The Kier molecular flexibility index (Phi) is 2.82. The lowest BCUT2D eigenvalue weighted by molar-refractivity contribution is 0.448. The third-order valence-corrected chi connectivity index (χ3v) is 4.31. The zero-order valence-electron chi connectivity index (χ0n) is 12.2. The Balaban J connectivity index is 1.65. The smallest absolute Gasteiger partial charge is 0.158 e. The van der Waals surface area contributed by atoms with Gasteiger partial charge in [-0.25, -0.2) is 15.0 Å². The van der Waals surface area contributed by atoms with Crippen molar-refractivity contribution in [2.45, 2.75) is 25.4 Å². The molecule has 22 heavy (non-hydrogen) atoms. The van der Waals surface area contributed by atoms with Gasteiger partial charge >= 0.3 is 0 Å². The molecule has 0 fully saturated rings. The quantitative estimate of drug-likeness (QED) is 0.773. The highest BCUT2D eigenvalue weighted by molar-refractivity contribution is 5.87. The van der Waals surface area contributed by atoms with Crippen LogP contribution >= 0.6 is 0 Å². The number of imidazole rings is 1. The molecule has 0 saturated heterocycles. The zero-order chi connectivity index (χ0) is 15.1. The summed E-state index contributed by atoms with van der Waals surface area (Å²) in [4.78, 5) is 18.4. The van der Waals surface area contributed by atoms with E-state index in [4.69, 9.17) is 5.26 Å². The summed E-state index contributed by atoms with van der Waals surface area (Å²) in [5.74, 6) is 1.90. The number of fused-ring (bicyclic) bond motifs is 2. The SMILES string of the molecule is CN(c1ncnc2[nH]ccc12)[C@@H]1CCn2cc(C#N)nc2C1. The Hall–Kier alpha value is -2.88. The highest BCUT2D eigenvalue weighted by Crippen LogP contribution is 2.26. The Morgan fingerprint density at radius 1 is 1.45 bits per heavy atom. The number of likely N-dealkylation sites (N-methyl/N-ethyl adjacent to an activating group) is 1. The summed E-state index contributed by atoms with van der Waals surface area (Å²) in [5.41, 5.74) is 1.34. The number of aromatic amines is 1. The number of nitriles is 1. The van der Waals surface area contributed by atoms with Crippen molar-refractivity contribution < 1.29 is 0 Å². The van der Waals surface area contributed by atoms with Gasteiger partial charge in [0.15, 0.2) is 5.69 Å². The van der Waals surface area contributed by atoms with E-state index in [2.05, 4.69) is 42.5 Å². The van der Waals surface area contributed by atoms with Crippen molar-refractivity contribution >= 4 is 16.9 Å². The average molecular weight is 293 g/mol. The van der Waals surface area contributed by atoms with E-state index in [9.17, 15) is 0 Å². The van der Waals surface area contributed by atoms with Crippen molar-refractivity contribution in [3.05, 3.63) is 36.3 Å². The van der Waals surface area contributed by atoms with E-state index < -0.39 is 0 Å². The number of nitrogens with one attached hydrogen (secondary N) is 1. The number of rotatable bonds is 2. The molecule has 4 heterocycles. The first kappa shape index (κ1) is 12.8. The van der Waals surface area contributed by atoms with Crippen molar-refractivity contribution in [1.82, 2.24) is 24.5 Å². The fraction of sp³-hybridized carbons (Fsp3) is 0.333. The van der Waals surface area contributed by atoms with E-state index in [1.54, 1.807) is 6.33 Å². The average Bonchev–Trinajstić information content (AvgIpc) is 3.18. The van der Waals surface area contributed by atoms with Crippen LogP contribution in [0.4, 0.5) is 5.82 Å². The topological polar surface area (TPSA) is 86.4 Å². The molecule has 0 amide bonds. The molecular weight excluding hydrogens is 278 g/mol. The molecule has 1 aliphatic heterocycles. The number of anilines is 1. The van der Waals surface area contributed by atoms with E-state index in [0.717, 1.165) is 42.1 Å². The Labute approximate surface area is 127 Å². The van der Waals surface area contributed by atoms with Crippen LogP contribution < -0.4 is 4.90 Å². The zero-order valence-corrected chi connectivity index (χ0v) is 12.2. The van der Waals surface area contributed by atoms with E-state index in [-0.39, 0.29) is 0 Å². The standard InChI is InChI=1S/C15H15N7/c1-21(15-12-2-4-17-14(12)18-9-19-15)11-3-5-22-8-10(7-16)20-13(22)6-11/h2,4,8-9,11H,3,5-6H2,1H3,(H,17,18,19)/t11-/m1/s1. The predicted molar refractivity (Wildman–Crippen MR) is 81.3 cm³/mol. The molecule has 1 aliphatic rings. The molecule has 7 nitrogen and oxygen atoms in total. The molecule has 1 N–H and O–H groups in total. The molecule has 0 bridgehead atoms. The number of nitrogens with zero attached hydrogens (tertiary/aromatic N) is 6. The molecule has 3 aromatic rings. The van der Waals surface area contributed by atoms with Crippen LogP contribution in [0.25, 0.3) is 11.0 Å². The first-order valence-corrected chi connectivity index (χ1v) is 7.23. The van der Waals surface area contributed by atoms with Gasteiger partial charge in [0.2, 0.25) is 0 Å². The summed E-state index contributed by atoms with van der Waals surface area (Å²) in [6, 6.07) is 4.42. The molecule has 110 valence electrons. The second kappa shape index (κ2) is 4.84. The van der Waals surface area contributed by atoms with Gasteiger partial charge in [0, 0.05) is 38.4 Å². The Morgan fingerprint density at radius 3 is 3.23 bits per heavy atom. The summed E-state index contributed by atoms with van der Waals surface area (Å²) in [6.45, 7) is 0.875. The highest BCUT2D eigenvalue weighted by atomic mass is 15.2. The maximum absolute atomic E-state index is 8.98. The monoisotopic (exact) mass is 293 g/mol. The first-order chi connectivity index (χ1) is 10.8. The molecular formula is C15H15N7. The summed E-state index contributed by atoms with van der Waals surface area (Å²) in [5, 5.41) is 10.0. The highest BCUT2D eigenvalue weighted by Gasteiger charge is 2.25.